The number of hydrogen-bond donors (Lipinski definition) is 2. The van der Waals surface area contributed by atoms with Crippen molar-refractivity contribution >= 4 is 23.2 Å². The summed E-state index contributed by atoms with van der Waals surface area (Å²) in [6.45, 7) is 9.31. The Labute approximate surface area is 124 Å². The van der Waals surface area contributed by atoms with Gasteiger partial charge in [-0.05, 0) is 32.9 Å². The van der Waals surface area contributed by atoms with Crippen LogP contribution < -0.4 is 10.6 Å². The number of hydrogen-bond acceptors (Lipinski definition) is 4. The van der Waals surface area contributed by atoms with Crippen LogP contribution in [0.5, 0.6) is 0 Å². The molecule has 1 fully saturated rings. The standard InChI is InChI=1S/C14H21ClN4O/c1-10-11(4-5-12(15)17-10)18-13(20)14(2,3)19-8-6-16-7-9-19/h4-5,16H,6-9H2,1-3H3,(H,18,20). The molecule has 20 heavy (non-hydrogen) atoms. The SMILES string of the molecule is Cc1nc(Cl)ccc1NC(=O)C(C)(C)N1CCNCC1. The van der Waals surface area contributed by atoms with Gasteiger partial charge in [0.2, 0.25) is 5.91 Å². The van der Waals surface area contributed by atoms with E-state index in [9.17, 15) is 4.79 Å². The number of aromatic nitrogens is 1. The zero-order chi connectivity index (χ0) is 14.8. The first-order valence-corrected chi connectivity index (χ1v) is 7.19. The molecular weight excluding hydrogens is 276 g/mol. The number of amides is 1. The van der Waals surface area contributed by atoms with Crippen molar-refractivity contribution in [3.63, 3.8) is 0 Å². The highest BCUT2D eigenvalue weighted by molar-refractivity contribution is 6.29. The second-order valence-electron chi connectivity index (χ2n) is 5.52. The highest BCUT2D eigenvalue weighted by Gasteiger charge is 2.35. The Balaban J connectivity index is 2.09. The third-order valence-corrected chi connectivity index (χ3v) is 3.97. The summed E-state index contributed by atoms with van der Waals surface area (Å²) in [5, 5.41) is 6.68. The lowest BCUT2D eigenvalue weighted by molar-refractivity contribution is -0.126. The van der Waals surface area contributed by atoms with Crippen LogP contribution in [0.1, 0.15) is 19.5 Å². The zero-order valence-electron chi connectivity index (χ0n) is 12.2. The fourth-order valence-electron chi connectivity index (χ4n) is 2.31. The number of halogens is 1. The lowest BCUT2D eigenvalue weighted by Gasteiger charge is -2.39. The molecule has 0 unspecified atom stereocenters. The number of carbonyl (C=O) groups is 1. The first-order chi connectivity index (χ1) is 9.41. The summed E-state index contributed by atoms with van der Waals surface area (Å²) in [6.07, 6.45) is 0. The average Bonchev–Trinajstić information content (AvgIpc) is 2.42. The molecule has 0 bridgehead atoms. The minimum atomic E-state index is -0.547. The predicted octanol–water partition coefficient (Wildman–Crippen LogP) is 1.67. The fraction of sp³-hybridized carbons (Fsp3) is 0.571. The Kier molecular flexibility index (Phi) is 4.62. The van der Waals surface area contributed by atoms with E-state index in [1.807, 2.05) is 20.8 Å². The quantitative estimate of drug-likeness (QED) is 0.833. The van der Waals surface area contributed by atoms with Crippen molar-refractivity contribution in [1.82, 2.24) is 15.2 Å². The third-order valence-electron chi connectivity index (χ3n) is 3.76. The van der Waals surface area contributed by atoms with Gasteiger partial charge in [0, 0.05) is 26.2 Å². The molecule has 5 nitrogen and oxygen atoms in total. The molecular formula is C14H21ClN4O. The van der Waals surface area contributed by atoms with Crippen LogP contribution in [0.3, 0.4) is 0 Å². The van der Waals surface area contributed by atoms with Gasteiger partial charge in [-0.3, -0.25) is 9.69 Å². The van der Waals surface area contributed by atoms with Gasteiger partial charge in [-0.15, -0.1) is 0 Å². The van der Waals surface area contributed by atoms with E-state index in [4.69, 9.17) is 11.6 Å². The molecule has 0 aromatic carbocycles. The van der Waals surface area contributed by atoms with Crippen molar-refractivity contribution in [2.24, 2.45) is 0 Å². The second-order valence-corrected chi connectivity index (χ2v) is 5.90. The van der Waals surface area contributed by atoms with E-state index in [1.165, 1.54) is 0 Å². The van der Waals surface area contributed by atoms with Crippen molar-refractivity contribution < 1.29 is 4.79 Å². The van der Waals surface area contributed by atoms with E-state index in [0.717, 1.165) is 31.9 Å². The van der Waals surface area contributed by atoms with Crippen LogP contribution >= 0.6 is 11.6 Å². The highest BCUT2D eigenvalue weighted by Crippen LogP contribution is 2.21. The van der Waals surface area contributed by atoms with Gasteiger partial charge in [0.15, 0.2) is 0 Å². The lowest BCUT2D eigenvalue weighted by atomic mass is 10.00. The molecule has 2 heterocycles. The number of anilines is 1. The smallest absolute Gasteiger partial charge is 0.244 e. The predicted molar refractivity (Wildman–Crippen MR) is 81.1 cm³/mol. The van der Waals surface area contributed by atoms with Crippen LogP contribution in [-0.4, -0.2) is 47.5 Å². The first kappa shape index (κ1) is 15.2. The highest BCUT2D eigenvalue weighted by atomic mass is 35.5. The van der Waals surface area contributed by atoms with Crippen LogP contribution in [0.15, 0.2) is 12.1 Å². The van der Waals surface area contributed by atoms with Gasteiger partial charge in [0.25, 0.3) is 0 Å². The molecule has 1 aliphatic rings. The Morgan fingerprint density at radius 1 is 1.40 bits per heavy atom. The summed E-state index contributed by atoms with van der Waals surface area (Å²) >= 11 is 5.83. The van der Waals surface area contributed by atoms with Gasteiger partial charge in [0.1, 0.15) is 5.15 Å². The van der Waals surface area contributed by atoms with Crippen LogP contribution in [-0.2, 0) is 4.79 Å². The van der Waals surface area contributed by atoms with Gasteiger partial charge >= 0.3 is 0 Å². The first-order valence-electron chi connectivity index (χ1n) is 6.81. The van der Waals surface area contributed by atoms with E-state index in [1.54, 1.807) is 12.1 Å². The van der Waals surface area contributed by atoms with Gasteiger partial charge in [0.05, 0.1) is 16.9 Å². The largest absolute Gasteiger partial charge is 0.323 e. The van der Waals surface area contributed by atoms with E-state index in [-0.39, 0.29) is 5.91 Å². The van der Waals surface area contributed by atoms with E-state index in [0.29, 0.717) is 10.8 Å². The Hall–Kier alpha value is -1.17. The van der Waals surface area contributed by atoms with Crippen LogP contribution in [0, 0.1) is 6.92 Å². The minimum Gasteiger partial charge on any atom is -0.323 e. The summed E-state index contributed by atoms with van der Waals surface area (Å²) in [4.78, 5) is 18.9. The summed E-state index contributed by atoms with van der Waals surface area (Å²) in [7, 11) is 0. The normalized spacial score (nSPS) is 17.0. The fourth-order valence-corrected chi connectivity index (χ4v) is 2.50. The molecule has 110 valence electrons. The second kappa shape index (κ2) is 6.08. The molecule has 1 aromatic rings. The van der Waals surface area contributed by atoms with Gasteiger partial charge in [-0.2, -0.15) is 0 Å². The minimum absolute atomic E-state index is 0.0216. The van der Waals surface area contributed by atoms with Crippen molar-refractivity contribution in [3.8, 4) is 0 Å². The number of rotatable bonds is 3. The summed E-state index contributed by atoms with van der Waals surface area (Å²) in [6, 6.07) is 3.47. The van der Waals surface area contributed by atoms with Crippen molar-refractivity contribution in [2.45, 2.75) is 26.3 Å². The summed E-state index contributed by atoms with van der Waals surface area (Å²) in [5.41, 5.74) is 0.887. The number of nitrogens with zero attached hydrogens (tertiary/aromatic N) is 2. The van der Waals surface area contributed by atoms with E-state index >= 15 is 0 Å². The van der Waals surface area contributed by atoms with Crippen molar-refractivity contribution in [3.05, 3.63) is 23.0 Å². The molecule has 0 radical (unpaired) electrons. The molecule has 2 rings (SSSR count). The number of carbonyl (C=O) groups excluding carboxylic acids is 1. The topological polar surface area (TPSA) is 57.3 Å². The molecule has 0 saturated carbocycles. The maximum absolute atomic E-state index is 12.5. The number of pyridine rings is 1. The van der Waals surface area contributed by atoms with E-state index in [2.05, 4.69) is 20.5 Å². The summed E-state index contributed by atoms with van der Waals surface area (Å²) in [5.74, 6) is -0.0216. The molecule has 1 aliphatic heterocycles. The maximum atomic E-state index is 12.5. The zero-order valence-corrected chi connectivity index (χ0v) is 12.9. The number of aryl methyl sites for hydroxylation is 1. The van der Waals surface area contributed by atoms with Gasteiger partial charge < -0.3 is 10.6 Å². The molecule has 6 heteroatoms. The molecule has 0 spiro atoms. The molecule has 1 saturated heterocycles. The number of piperazine rings is 1. The molecule has 0 atom stereocenters. The van der Waals surface area contributed by atoms with Gasteiger partial charge in [-0.25, -0.2) is 4.98 Å². The van der Waals surface area contributed by atoms with Crippen molar-refractivity contribution in [1.29, 1.82) is 0 Å². The molecule has 0 aliphatic carbocycles. The lowest BCUT2D eigenvalue weighted by Crippen LogP contribution is -2.58. The average molecular weight is 297 g/mol. The Bertz CT molecular complexity index is 498. The number of nitrogens with one attached hydrogen (secondary N) is 2. The third kappa shape index (κ3) is 3.29. The molecule has 1 aromatic heterocycles. The monoisotopic (exact) mass is 296 g/mol. The van der Waals surface area contributed by atoms with E-state index < -0.39 is 5.54 Å². The van der Waals surface area contributed by atoms with Crippen LogP contribution in [0.4, 0.5) is 5.69 Å². The maximum Gasteiger partial charge on any atom is 0.244 e. The summed E-state index contributed by atoms with van der Waals surface area (Å²) < 4.78 is 0. The van der Waals surface area contributed by atoms with Crippen LogP contribution in [0.25, 0.3) is 0 Å². The Morgan fingerprint density at radius 3 is 2.65 bits per heavy atom. The Morgan fingerprint density at radius 2 is 2.05 bits per heavy atom. The van der Waals surface area contributed by atoms with Crippen LogP contribution in [0.2, 0.25) is 5.15 Å². The van der Waals surface area contributed by atoms with Crippen molar-refractivity contribution in [2.75, 3.05) is 31.5 Å². The van der Waals surface area contributed by atoms with Gasteiger partial charge in [-0.1, -0.05) is 11.6 Å². The molecule has 1 amide bonds. The molecule has 2 N–H and O–H groups in total.